The quantitative estimate of drug-likeness (QED) is 0.905. The lowest BCUT2D eigenvalue weighted by Gasteiger charge is -2.23. The van der Waals surface area contributed by atoms with Crippen LogP contribution in [-0.2, 0) is 17.9 Å². The van der Waals surface area contributed by atoms with Crippen molar-refractivity contribution in [1.29, 1.82) is 0 Å². The molecule has 0 saturated carbocycles. The molecule has 2 amide bonds. The van der Waals surface area contributed by atoms with Crippen LogP contribution >= 0.6 is 0 Å². The maximum atomic E-state index is 12.7. The van der Waals surface area contributed by atoms with Gasteiger partial charge < -0.3 is 14.6 Å². The standard InChI is InChI=1S/C17H22N4O3/c1-12-8-19-20(10-12)11-14-4-3-7-21(14)17(23)16-6-5-15(24-16)9-18-13(2)22/h5-6,8,10,14H,3-4,7,9,11H2,1-2H3,(H,18,22). The van der Waals surface area contributed by atoms with E-state index in [-0.39, 0.29) is 17.9 Å². The number of amides is 2. The lowest BCUT2D eigenvalue weighted by Crippen LogP contribution is -2.38. The van der Waals surface area contributed by atoms with Gasteiger partial charge in [-0.1, -0.05) is 0 Å². The van der Waals surface area contributed by atoms with E-state index in [1.165, 1.54) is 6.92 Å². The fourth-order valence-corrected chi connectivity index (χ4v) is 3.02. The third kappa shape index (κ3) is 3.67. The largest absolute Gasteiger partial charge is 0.454 e. The Hall–Kier alpha value is -2.57. The summed E-state index contributed by atoms with van der Waals surface area (Å²) in [6.07, 6.45) is 5.75. The molecule has 1 aliphatic heterocycles. The summed E-state index contributed by atoms with van der Waals surface area (Å²) in [5, 5.41) is 6.96. The van der Waals surface area contributed by atoms with Crippen LogP contribution in [-0.4, -0.2) is 39.1 Å². The monoisotopic (exact) mass is 330 g/mol. The van der Waals surface area contributed by atoms with Crippen LogP contribution in [0.15, 0.2) is 28.9 Å². The molecular weight excluding hydrogens is 308 g/mol. The number of carbonyl (C=O) groups is 2. The smallest absolute Gasteiger partial charge is 0.289 e. The Balaban J connectivity index is 1.65. The molecule has 1 N–H and O–H groups in total. The van der Waals surface area contributed by atoms with Crippen molar-refractivity contribution in [1.82, 2.24) is 20.0 Å². The highest BCUT2D eigenvalue weighted by Crippen LogP contribution is 2.22. The van der Waals surface area contributed by atoms with Crippen molar-refractivity contribution >= 4 is 11.8 Å². The molecule has 1 unspecified atom stereocenters. The first-order chi connectivity index (χ1) is 11.5. The molecule has 128 valence electrons. The minimum atomic E-state index is -0.131. The number of rotatable bonds is 5. The number of nitrogens with zero attached hydrogens (tertiary/aromatic N) is 3. The Morgan fingerprint density at radius 3 is 2.96 bits per heavy atom. The molecule has 1 saturated heterocycles. The van der Waals surface area contributed by atoms with Gasteiger partial charge in [0, 0.05) is 19.7 Å². The van der Waals surface area contributed by atoms with E-state index < -0.39 is 0 Å². The lowest BCUT2D eigenvalue weighted by atomic mass is 10.2. The third-order valence-corrected chi connectivity index (χ3v) is 4.18. The van der Waals surface area contributed by atoms with E-state index in [0.29, 0.717) is 24.6 Å². The van der Waals surface area contributed by atoms with Gasteiger partial charge in [-0.2, -0.15) is 5.10 Å². The van der Waals surface area contributed by atoms with Crippen molar-refractivity contribution in [3.8, 4) is 0 Å². The zero-order chi connectivity index (χ0) is 17.1. The number of nitrogens with one attached hydrogen (secondary N) is 1. The second-order valence-electron chi connectivity index (χ2n) is 6.21. The van der Waals surface area contributed by atoms with Gasteiger partial charge in [-0.15, -0.1) is 0 Å². The highest BCUT2D eigenvalue weighted by atomic mass is 16.4. The molecule has 7 nitrogen and oxygen atoms in total. The summed E-state index contributed by atoms with van der Waals surface area (Å²) in [4.78, 5) is 25.5. The zero-order valence-corrected chi connectivity index (χ0v) is 14.0. The van der Waals surface area contributed by atoms with Crippen LogP contribution in [0.5, 0.6) is 0 Å². The molecule has 0 spiro atoms. The van der Waals surface area contributed by atoms with Gasteiger partial charge in [0.2, 0.25) is 5.91 Å². The summed E-state index contributed by atoms with van der Waals surface area (Å²) in [7, 11) is 0. The Bertz CT molecular complexity index is 734. The van der Waals surface area contributed by atoms with Crippen LogP contribution in [0.3, 0.4) is 0 Å². The summed E-state index contributed by atoms with van der Waals surface area (Å²) in [5.41, 5.74) is 1.11. The van der Waals surface area contributed by atoms with Crippen LogP contribution in [0.2, 0.25) is 0 Å². The van der Waals surface area contributed by atoms with Crippen molar-refractivity contribution in [3.63, 3.8) is 0 Å². The first kappa shape index (κ1) is 16.3. The van der Waals surface area contributed by atoms with E-state index in [9.17, 15) is 9.59 Å². The van der Waals surface area contributed by atoms with Crippen molar-refractivity contribution in [3.05, 3.63) is 41.6 Å². The summed E-state index contributed by atoms with van der Waals surface area (Å²) in [5.74, 6) is 0.662. The Labute approximate surface area is 140 Å². The van der Waals surface area contributed by atoms with Crippen molar-refractivity contribution < 1.29 is 14.0 Å². The van der Waals surface area contributed by atoms with Crippen molar-refractivity contribution in [2.45, 2.75) is 45.8 Å². The summed E-state index contributed by atoms with van der Waals surface area (Å²) in [6.45, 7) is 5.16. The number of carbonyl (C=O) groups excluding carboxylic acids is 2. The molecule has 3 rings (SSSR count). The van der Waals surface area contributed by atoms with Crippen molar-refractivity contribution in [2.75, 3.05) is 6.54 Å². The number of aryl methyl sites for hydroxylation is 1. The highest BCUT2D eigenvalue weighted by Gasteiger charge is 2.31. The van der Waals surface area contributed by atoms with Crippen molar-refractivity contribution in [2.24, 2.45) is 0 Å². The highest BCUT2D eigenvalue weighted by molar-refractivity contribution is 5.92. The average Bonchev–Trinajstić information content (AvgIpc) is 3.26. The normalized spacial score (nSPS) is 17.2. The zero-order valence-electron chi connectivity index (χ0n) is 14.0. The van der Waals surface area contributed by atoms with Crippen LogP contribution in [0.4, 0.5) is 0 Å². The van der Waals surface area contributed by atoms with E-state index in [2.05, 4.69) is 10.4 Å². The topological polar surface area (TPSA) is 80.4 Å². The van der Waals surface area contributed by atoms with Gasteiger partial charge in [0.05, 0.1) is 25.3 Å². The molecule has 1 fully saturated rings. The van der Waals surface area contributed by atoms with Gasteiger partial charge in [0.1, 0.15) is 5.76 Å². The first-order valence-corrected chi connectivity index (χ1v) is 8.16. The Morgan fingerprint density at radius 2 is 2.25 bits per heavy atom. The molecule has 3 heterocycles. The fourth-order valence-electron chi connectivity index (χ4n) is 3.02. The Morgan fingerprint density at radius 1 is 1.42 bits per heavy atom. The second-order valence-corrected chi connectivity index (χ2v) is 6.21. The van der Waals surface area contributed by atoms with Gasteiger partial charge in [-0.05, 0) is 37.5 Å². The first-order valence-electron chi connectivity index (χ1n) is 8.16. The van der Waals surface area contributed by atoms with E-state index in [4.69, 9.17) is 4.42 Å². The van der Waals surface area contributed by atoms with Crippen LogP contribution in [0.25, 0.3) is 0 Å². The molecule has 0 bridgehead atoms. The minimum Gasteiger partial charge on any atom is -0.454 e. The average molecular weight is 330 g/mol. The minimum absolute atomic E-state index is 0.101. The SMILES string of the molecule is CC(=O)NCc1ccc(C(=O)N2CCCC2Cn2cc(C)cn2)o1. The number of furan rings is 1. The number of hydrogen-bond acceptors (Lipinski definition) is 4. The van der Waals surface area contributed by atoms with Crippen LogP contribution in [0, 0.1) is 6.92 Å². The third-order valence-electron chi connectivity index (χ3n) is 4.18. The number of likely N-dealkylation sites (tertiary alicyclic amines) is 1. The Kier molecular flexibility index (Phi) is 4.69. The molecule has 2 aromatic rings. The maximum absolute atomic E-state index is 12.7. The summed E-state index contributed by atoms with van der Waals surface area (Å²) >= 11 is 0. The molecule has 7 heteroatoms. The maximum Gasteiger partial charge on any atom is 0.289 e. The second kappa shape index (κ2) is 6.90. The van der Waals surface area contributed by atoms with Gasteiger partial charge in [0.15, 0.2) is 5.76 Å². The fraction of sp³-hybridized carbons (Fsp3) is 0.471. The predicted molar refractivity (Wildman–Crippen MR) is 87.3 cm³/mol. The lowest BCUT2D eigenvalue weighted by molar-refractivity contribution is -0.119. The number of hydrogen-bond donors (Lipinski definition) is 1. The van der Waals surface area contributed by atoms with E-state index in [0.717, 1.165) is 24.9 Å². The van der Waals surface area contributed by atoms with Gasteiger partial charge in [-0.25, -0.2) is 0 Å². The van der Waals surface area contributed by atoms with Gasteiger partial charge in [-0.3, -0.25) is 14.3 Å². The van der Waals surface area contributed by atoms with Crippen LogP contribution < -0.4 is 5.32 Å². The molecule has 1 atom stereocenters. The number of aromatic nitrogens is 2. The molecule has 2 aromatic heterocycles. The van der Waals surface area contributed by atoms with Gasteiger partial charge >= 0.3 is 0 Å². The summed E-state index contributed by atoms with van der Waals surface area (Å²) < 4.78 is 7.47. The molecule has 24 heavy (non-hydrogen) atoms. The summed E-state index contributed by atoms with van der Waals surface area (Å²) in [6, 6.07) is 3.53. The van der Waals surface area contributed by atoms with E-state index in [1.54, 1.807) is 12.1 Å². The van der Waals surface area contributed by atoms with E-state index >= 15 is 0 Å². The predicted octanol–water partition coefficient (Wildman–Crippen LogP) is 1.73. The van der Waals surface area contributed by atoms with Gasteiger partial charge in [0.25, 0.3) is 5.91 Å². The van der Waals surface area contributed by atoms with E-state index in [1.807, 2.05) is 28.9 Å². The molecular formula is C17H22N4O3. The van der Waals surface area contributed by atoms with Crippen LogP contribution in [0.1, 0.15) is 41.6 Å². The molecule has 0 radical (unpaired) electrons. The molecule has 0 aliphatic carbocycles. The molecule has 0 aromatic carbocycles. The molecule has 1 aliphatic rings.